The first kappa shape index (κ1) is 12.0. The molecule has 0 aliphatic carbocycles. The zero-order chi connectivity index (χ0) is 12.8. The van der Waals surface area contributed by atoms with Gasteiger partial charge >= 0.3 is 0 Å². The van der Waals surface area contributed by atoms with Crippen LogP contribution in [-0.4, -0.2) is 9.97 Å². The van der Waals surface area contributed by atoms with E-state index >= 15 is 0 Å². The highest BCUT2D eigenvalue weighted by Crippen LogP contribution is 2.18. The van der Waals surface area contributed by atoms with Crippen molar-refractivity contribution in [3.8, 4) is 11.4 Å². The van der Waals surface area contributed by atoms with Gasteiger partial charge in [-0.1, -0.05) is 43.5 Å². The third-order valence-electron chi connectivity index (χ3n) is 2.49. The molecule has 0 bridgehead atoms. The Bertz CT molecular complexity index is 583. The third-order valence-corrected chi connectivity index (χ3v) is 2.49. The molecule has 0 aromatic carbocycles. The molecule has 0 radical (unpaired) electrons. The van der Waals surface area contributed by atoms with Crippen LogP contribution in [0.1, 0.15) is 5.69 Å². The molecule has 0 N–H and O–H groups in total. The van der Waals surface area contributed by atoms with E-state index in [1.54, 1.807) is 18.3 Å². The topological polar surface area (TPSA) is 25.8 Å². The highest BCUT2D eigenvalue weighted by atomic mass is 14.8. The summed E-state index contributed by atoms with van der Waals surface area (Å²) >= 11 is 0. The maximum Gasteiger partial charge on any atom is 0.0893 e. The highest BCUT2D eigenvalue weighted by Gasteiger charge is 2.03. The van der Waals surface area contributed by atoms with Gasteiger partial charge in [0.05, 0.1) is 17.1 Å². The van der Waals surface area contributed by atoms with Crippen LogP contribution in [0.4, 0.5) is 0 Å². The molecule has 18 heavy (non-hydrogen) atoms. The summed E-state index contributed by atoms with van der Waals surface area (Å²) in [6.07, 6.45) is 7.15. The predicted molar refractivity (Wildman–Crippen MR) is 75.8 cm³/mol. The summed E-state index contributed by atoms with van der Waals surface area (Å²) in [5.41, 5.74) is 3.53. The maximum absolute atomic E-state index is 4.58. The van der Waals surface area contributed by atoms with Crippen molar-refractivity contribution < 1.29 is 0 Å². The number of hydrogen-bond acceptors (Lipinski definition) is 2. The van der Waals surface area contributed by atoms with Gasteiger partial charge in [0, 0.05) is 6.20 Å². The Kier molecular flexibility index (Phi) is 3.82. The summed E-state index contributed by atoms with van der Waals surface area (Å²) in [5, 5.41) is 0. The lowest BCUT2D eigenvalue weighted by molar-refractivity contribution is 1.23. The van der Waals surface area contributed by atoms with Crippen molar-refractivity contribution in [1.82, 2.24) is 9.97 Å². The van der Waals surface area contributed by atoms with E-state index in [1.165, 1.54) is 0 Å². The molecule has 2 rings (SSSR count). The molecule has 0 fully saturated rings. The normalized spacial score (nSPS) is 11.0. The van der Waals surface area contributed by atoms with Gasteiger partial charge < -0.3 is 0 Å². The molecule has 0 spiro atoms. The van der Waals surface area contributed by atoms with Gasteiger partial charge in [-0.2, -0.15) is 0 Å². The standard InChI is InChI=1S/C16H14N2/c1-3-8-13(4-2)14-10-7-11-16(18-14)15-9-5-6-12-17-15/h3-12H,1-2H2/b13-8+. The van der Waals surface area contributed by atoms with Crippen LogP contribution in [0, 0.1) is 0 Å². The highest BCUT2D eigenvalue weighted by molar-refractivity contribution is 5.73. The molecule has 0 saturated carbocycles. The Morgan fingerprint density at radius 1 is 1.00 bits per heavy atom. The van der Waals surface area contributed by atoms with Gasteiger partial charge in [0.1, 0.15) is 0 Å². The number of aromatic nitrogens is 2. The van der Waals surface area contributed by atoms with E-state index in [0.717, 1.165) is 22.7 Å². The molecule has 2 aromatic rings. The van der Waals surface area contributed by atoms with Gasteiger partial charge in [0.2, 0.25) is 0 Å². The quantitative estimate of drug-likeness (QED) is 0.750. The summed E-state index contributed by atoms with van der Waals surface area (Å²) in [6, 6.07) is 11.6. The monoisotopic (exact) mass is 234 g/mol. The molecule has 0 aliphatic heterocycles. The van der Waals surface area contributed by atoms with Gasteiger partial charge in [-0.15, -0.1) is 0 Å². The first-order valence-corrected chi connectivity index (χ1v) is 5.69. The largest absolute Gasteiger partial charge is 0.255 e. The Morgan fingerprint density at radius 3 is 2.50 bits per heavy atom. The Morgan fingerprint density at radius 2 is 1.83 bits per heavy atom. The lowest BCUT2D eigenvalue weighted by Gasteiger charge is -2.04. The Balaban J connectivity index is 2.45. The van der Waals surface area contributed by atoms with Crippen LogP contribution in [-0.2, 0) is 0 Å². The van der Waals surface area contributed by atoms with Gasteiger partial charge in [0.25, 0.3) is 0 Å². The van der Waals surface area contributed by atoms with Crippen LogP contribution < -0.4 is 0 Å². The molecule has 2 heterocycles. The summed E-state index contributed by atoms with van der Waals surface area (Å²) in [5.74, 6) is 0. The summed E-state index contributed by atoms with van der Waals surface area (Å²) in [4.78, 5) is 8.88. The molecule has 0 unspecified atom stereocenters. The fourth-order valence-electron chi connectivity index (χ4n) is 1.64. The fourth-order valence-corrected chi connectivity index (χ4v) is 1.64. The van der Waals surface area contributed by atoms with Crippen LogP contribution in [0.15, 0.2) is 74.0 Å². The van der Waals surface area contributed by atoms with Crippen LogP contribution in [0.3, 0.4) is 0 Å². The first-order chi connectivity index (χ1) is 8.85. The molecular formula is C16H14N2. The van der Waals surface area contributed by atoms with Crippen LogP contribution in [0.25, 0.3) is 17.0 Å². The molecule has 0 amide bonds. The molecular weight excluding hydrogens is 220 g/mol. The summed E-state index contributed by atoms with van der Waals surface area (Å²) < 4.78 is 0. The van der Waals surface area contributed by atoms with E-state index in [4.69, 9.17) is 0 Å². The number of pyridine rings is 2. The second kappa shape index (κ2) is 5.73. The van der Waals surface area contributed by atoms with E-state index in [-0.39, 0.29) is 0 Å². The number of nitrogens with zero attached hydrogens (tertiary/aromatic N) is 2. The van der Waals surface area contributed by atoms with E-state index in [0.29, 0.717) is 0 Å². The number of hydrogen-bond donors (Lipinski definition) is 0. The van der Waals surface area contributed by atoms with E-state index < -0.39 is 0 Å². The Hall–Kier alpha value is -2.48. The van der Waals surface area contributed by atoms with Crippen molar-refractivity contribution in [3.05, 3.63) is 79.7 Å². The number of allylic oxidation sites excluding steroid dienone is 4. The summed E-state index contributed by atoms with van der Waals surface area (Å²) in [7, 11) is 0. The van der Waals surface area contributed by atoms with Gasteiger partial charge in [0.15, 0.2) is 0 Å². The van der Waals surface area contributed by atoms with E-state index in [1.807, 2.05) is 42.5 Å². The molecule has 2 nitrogen and oxygen atoms in total. The minimum Gasteiger partial charge on any atom is -0.255 e. The van der Waals surface area contributed by atoms with Crippen LogP contribution in [0.5, 0.6) is 0 Å². The van der Waals surface area contributed by atoms with Crippen molar-refractivity contribution in [2.45, 2.75) is 0 Å². The predicted octanol–water partition coefficient (Wildman–Crippen LogP) is 3.90. The van der Waals surface area contributed by atoms with Gasteiger partial charge in [-0.3, -0.25) is 4.98 Å². The molecule has 88 valence electrons. The zero-order valence-electron chi connectivity index (χ0n) is 10.1. The van der Waals surface area contributed by atoms with Crippen LogP contribution in [0.2, 0.25) is 0 Å². The fraction of sp³-hybridized carbons (Fsp3) is 0. The smallest absolute Gasteiger partial charge is 0.0893 e. The zero-order valence-corrected chi connectivity index (χ0v) is 10.1. The third kappa shape index (κ3) is 2.61. The first-order valence-electron chi connectivity index (χ1n) is 5.69. The minimum atomic E-state index is 0.852. The van der Waals surface area contributed by atoms with Crippen molar-refractivity contribution >= 4 is 5.57 Å². The van der Waals surface area contributed by atoms with Crippen molar-refractivity contribution in [3.63, 3.8) is 0 Å². The number of rotatable bonds is 4. The average Bonchev–Trinajstić information content (AvgIpc) is 2.46. The van der Waals surface area contributed by atoms with E-state index in [9.17, 15) is 0 Å². The SMILES string of the molecule is C=C/C=C(\C=C)c1cccc(-c2ccccn2)n1. The second-order valence-corrected chi connectivity index (χ2v) is 3.68. The molecule has 0 aliphatic rings. The second-order valence-electron chi connectivity index (χ2n) is 3.68. The molecule has 0 saturated heterocycles. The van der Waals surface area contributed by atoms with Crippen molar-refractivity contribution in [2.75, 3.05) is 0 Å². The Labute approximate surface area is 107 Å². The lowest BCUT2D eigenvalue weighted by atomic mass is 10.1. The molecule has 0 atom stereocenters. The molecule has 2 aromatic heterocycles. The maximum atomic E-state index is 4.58. The van der Waals surface area contributed by atoms with Gasteiger partial charge in [-0.05, 0) is 29.8 Å². The van der Waals surface area contributed by atoms with Gasteiger partial charge in [-0.25, -0.2) is 4.98 Å². The lowest BCUT2D eigenvalue weighted by Crippen LogP contribution is -1.91. The average molecular weight is 234 g/mol. The van der Waals surface area contributed by atoms with Crippen molar-refractivity contribution in [2.24, 2.45) is 0 Å². The summed E-state index contributed by atoms with van der Waals surface area (Å²) in [6.45, 7) is 7.48. The molecule has 2 heteroatoms. The van der Waals surface area contributed by atoms with Crippen LogP contribution >= 0.6 is 0 Å². The van der Waals surface area contributed by atoms with Crippen molar-refractivity contribution in [1.29, 1.82) is 0 Å². The van der Waals surface area contributed by atoms with E-state index in [2.05, 4.69) is 23.1 Å². The minimum absolute atomic E-state index is 0.852.